The molecule has 0 radical (unpaired) electrons. The summed E-state index contributed by atoms with van der Waals surface area (Å²) in [7, 11) is 4.43. The molecule has 0 amide bonds. The lowest BCUT2D eigenvalue weighted by Gasteiger charge is -2.24. The van der Waals surface area contributed by atoms with Crippen molar-refractivity contribution in [1.29, 1.82) is 0 Å². The highest BCUT2D eigenvalue weighted by Gasteiger charge is 2.23. The maximum atomic E-state index is 5.15. The van der Waals surface area contributed by atoms with E-state index >= 15 is 0 Å². The van der Waals surface area contributed by atoms with Crippen molar-refractivity contribution in [3.63, 3.8) is 0 Å². The number of rotatable bonds is 2. The Morgan fingerprint density at radius 2 is 1.19 bits per heavy atom. The zero-order valence-corrected chi connectivity index (χ0v) is 38.9. The fourth-order valence-corrected chi connectivity index (χ4v) is 10.1. The molecule has 0 atom stereocenters. The average Bonchev–Trinajstić information content (AvgIpc) is 3.80. The van der Waals surface area contributed by atoms with Crippen molar-refractivity contribution in [3.05, 3.63) is 176 Å². The van der Waals surface area contributed by atoms with Gasteiger partial charge in [-0.15, -0.1) is 0 Å². The largest absolute Gasteiger partial charge is 0.358 e. The van der Waals surface area contributed by atoms with Gasteiger partial charge in [-0.05, 0) is 159 Å². The van der Waals surface area contributed by atoms with Gasteiger partial charge in [0.15, 0.2) is 0 Å². The zero-order valence-electron chi connectivity index (χ0n) is 37.3. The Labute approximate surface area is 377 Å². The number of nitrogens with one attached hydrogen (secondary N) is 2. The number of aromatic amines is 1. The summed E-state index contributed by atoms with van der Waals surface area (Å²) in [5.74, 6) is 5.15. The van der Waals surface area contributed by atoms with Crippen LogP contribution < -0.4 is 11.3 Å². The van der Waals surface area contributed by atoms with Gasteiger partial charge in [0.1, 0.15) is 0 Å². The highest BCUT2D eigenvalue weighted by molar-refractivity contribution is 9.11. The number of hydrogen-bond acceptors (Lipinski definition) is 4. The summed E-state index contributed by atoms with van der Waals surface area (Å²) in [5, 5.41) is 2.85. The number of halogens is 1. The molecule has 2 aromatic heterocycles. The lowest BCUT2D eigenvalue weighted by molar-refractivity contribution is 0.312. The van der Waals surface area contributed by atoms with Gasteiger partial charge in [0, 0.05) is 78.6 Å². The van der Waals surface area contributed by atoms with Crippen LogP contribution in [-0.2, 0) is 38.8 Å². The predicted octanol–water partition coefficient (Wildman–Crippen LogP) is 12.8. The Balaban J connectivity index is 0.000000125. The lowest BCUT2D eigenvalue weighted by atomic mass is 9.88. The number of nitrogens with zero attached hydrogens (tertiary/aromatic N) is 3. The molecule has 7 heteroatoms. The highest BCUT2D eigenvalue weighted by atomic mass is 79.9. The molecule has 6 nitrogen and oxygen atoms in total. The molecule has 2 aliphatic carbocycles. The topological polar surface area (TPSA) is 65.2 Å². The van der Waals surface area contributed by atoms with Crippen molar-refractivity contribution >= 4 is 60.8 Å². The number of hydrazine groups is 1. The molecule has 7 aromatic rings. The number of likely N-dealkylation sites (N-methyl/N-ethyl adjacent to an activating group) is 2. The molecule has 2 aliphatic heterocycles. The number of fused-ring (bicyclic) bond motifs is 8. The highest BCUT2D eigenvalue weighted by Crippen LogP contribution is 2.36. The summed E-state index contributed by atoms with van der Waals surface area (Å²) in [4.78, 5) is 10.4. The van der Waals surface area contributed by atoms with Crippen molar-refractivity contribution in [1.82, 2.24) is 19.4 Å². The Morgan fingerprint density at radius 1 is 0.613 bits per heavy atom. The third-order valence-corrected chi connectivity index (χ3v) is 13.6. The van der Waals surface area contributed by atoms with E-state index in [0.29, 0.717) is 0 Å². The predicted molar refractivity (Wildman–Crippen MR) is 269 cm³/mol. The summed E-state index contributed by atoms with van der Waals surface area (Å²) < 4.78 is 2.51. The SMILES string of the molecule is Br/C=C1/CCCc2ccccc21.Cc1ccc(NN)cc1.Cc1ccc2[nH]c3c(c2c1)CN(C)CC3.Cc1ccc2c(c1)c1c(n2/C=C2/CCCc3ccccc32)CCN(C)C1. The molecule has 0 saturated carbocycles. The Kier molecular flexibility index (Phi) is 13.9. The molecule has 0 bridgehead atoms. The van der Waals surface area contributed by atoms with Crippen LogP contribution in [0.25, 0.3) is 39.2 Å². The molecule has 5 aromatic carbocycles. The van der Waals surface area contributed by atoms with Gasteiger partial charge in [-0.2, -0.15) is 0 Å². The van der Waals surface area contributed by atoms with Crippen LogP contribution in [0.3, 0.4) is 0 Å². The molecule has 4 aliphatic rings. The smallest absolute Gasteiger partial charge is 0.0529 e. The summed E-state index contributed by atoms with van der Waals surface area (Å²) in [5.41, 5.74) is 24.9. The third-order valence-electron chi connectivity index (χ3n) is 13.0. The summed E-state index contributed by atoms with van der Waals surface area (Å²) in [6, 6.07) is 39.1. The first kappa shape index (κ1) is 43.5. The molecule has 320 valence electrons. The standard InChI is InChI=1S/C24H26N2.C13H16N2.C11H11Br.C7H10N2/c1-17-10-11-23-21(14-17)22-16-25(2)13-12-24(22)26(23)15-19-8-5-7-18-6-3-4-9-20(18)19;1-9-3-4-12-10(7-9)11-8-15(2)6-5-13(11)14-12;12-8-10-6-3-5-9-4-1-2-7-11(9)10;1-6-2-4-7(9-8)5-3-6/h3-4,6,9-11,14-15H,5,7-8,12-13,16H2,1-2H3;3-4,7,14H,5-6,8H2,1-2H3;1-2,4,7-8H,3,5-6H2;2-5,9H,8H2,1H3/b19-15-;;10-8-;. The summed E-state index contributed by atoms with van der Waals surface area (Å²) in [6.45, 7) is 10.8. The molecule has 62 heavy (non-hydrogen) atoms. The van der Waals surface area contributed by atoms with Crippen molar-refractivity contribution in [3.8, 4) is 0 Å². The monoisotopic (exact) mass is 886 g/mol. The molecule has 0 spiro atoms. The zero-order chi connectivity index (χ0) is 43.2. The van der Waals surface area contributed by atoms with Gasteiger partial charge >= 0.3 is 0 Å². The van der Waals surface area contributed by atoms with Crippen molar-refractivity contribution < 1.29 is 0 Å². The molecular formula is C55H63BrN6. The van der Waals surface area contributed by atoms with E-state index in [1.165, 1.54) is 139 Å². The quantitative estimate of drug-likeness (QED) is 0.120. The number of aryl methyl sites for hydroxylation is 5. The second-order valence-corrected chi connectivity index (χ2v) is 18.2. The van der Waals surface area contributed by atoms with Gasteiger partial charge in [-0.1, -0.05) is 105 Å². The van der Waals surface area contributed by atoms with E-state index in [9.17, 15) is 0 Å². The normalized spacial score (nSPS) is 17.1. The minimum Gasteiger partial charge on any atom is -0.358 e. The van der Waals surface area contributed by atoms with Crippen LogP contribution in [0.4, 0.5) is 5.69 Å². The second kappa shape index (κ2) is 19.9. The van der Waals surface area contributed by atoms with E-state index in [1.54, 1.807) is 0 Å². The van der Waals surface area contributed by atoms with Gasteiger partial charge in [-0.3, -0.25) is 5.84 Å². The van der Waals surface area contributed by atoms with Gasteiger partial charge in [0.05, 0.1) is 5.52 Å². The van der Waals surface area contributed by atoms with Crippen LogP contribution in [-0.4, -0.2) is 46.5 Å². The van der Waals surface area contributed by atoms with E-state index in [-0.39, 0.29) is 0 Å². The minimum atomic E-state index is 0.945. The maximum absolute atomic E-state index is 5.15. The fourth-order valence-electron chi connectivity index (χ4n) is 9.62. The molecule has 0 unspecified atom stereocenters. The fraction of sp³-hybridized carbons (Fsp3) is 0.309. The van der Waals surface area contributed by atoms with Crippen LogP contribution in [0.5, 0.6) is 0 Å². The Hall–Kier alpha value is -5.18. The first-order valence-corrected chi connectivity index (χ1v) is 23.4. The number of nitrogens with two attached hydrogens (primary N) is 1. The van der Waals surface area contributed by atoms with Gasteiger partial charge < -0.3 is 24.8 Å². The van der Waals surface area contributed by atoms with Gasteiger partial charge in [0.25, 0.3) is 0 Å². The second-order valence-electron chi connectivity index (χ2n) is 17.7. The summed E-state index contributed by atoms with van der Waals surface area (Å²) in [6.07, 6.45) is 12.1. The average molecular weight is 888 g/mol. The number of anilines is 1. The molecule has 0 fully saturated rings. The van der Waals surface area contributed by atoms with E-state index in [2.05, 4.69) is 165 Å². The van der Waals surface area contributed by atoms with E-state index in [4.69, 9.17) is 5.84 Å². The molecule has 0 saturated heterocycles. The van der Waals surface area contributed by atoms with Gasteiger partial charge in [-0.25, -0.2) is 0 Å². The number of allylic oxidation sites excluding steroid dienone is 2. The lowest BCUT2D eigenvalue weighted by Crippen LogP contribution is -2.26. The molecule has 4 N–H and O–H groups in total. The number of hydrogen-bond donors (Lipinski definition) is 3. The van der Waals surface area contributed by atoms with Crippen molar-refractivity contribution in [2.45, 2.75) is 85.2 Å². The molecule has 11 rings (SSSR count). The summed E-state index contributed by atoms with van der Waals surface area (Å²) >= 11 is 3.42. The van der Waals surface area contributed by atoms with Crippen LogP contribution in [0, 0.1) is 20.8 Å². The number of nitrogen functional groups attached to an aromatic ring is 1. The van der Waals surface area contributed by atoms with Gasteiger partial charge in [0.2, 0.25) is 0 Å². The van der Waals surface area contributed by atoms with Crippen LogP contribution in [0.1, 0.15) is 87.1 Å². The van der Waals surface area contributed by atoms with E-state index < -0.39 is 0 Å². The maximum Gasteiger partial charge on any atom is 0.0529 e. The van der Waals surface area contributed by atoms with Crippen LogP contribution in [0.15, 0.2) is 114 Å². The third kappa shape index (κ3) is 9.87. The Morgan fingerprint density at radius 3 is 1.87 bits per heavy atom. The Bertz CT molecular complexity index is 2710. The number of aromatic nitrogens is 2. The van der Waals surface area contributed by atoms with Crippen molar-refractivity contribution in [2.75, 3.05) is 32.6 Å². The first-order valence-electron chi connectivity index (χ1n) is 22.5. The molecular weight excluding hydrogens is 825 g/mol. The van der Waals surface area contributed by atoms with Crippen LogP contribution >= 0.6 is 15.9 Å². The van der Waals surface area contributed by atoms with E-state index in [1.807, 2.05) is 31.2 Å². The number of benzene rings is 5. The van der Waals surface area contributed by atoms with Crippen LogP contribution in [0.2, 0.25) is 0 Å². The minimum absolute atomic E-state index is 0.945. The first-order chi connectivity index (χ1) is 30.2. The number of H-pyrrole nitrogens is 1. The van der Waals surface area contributed by atoms with Crippen molar-refractivity contribution in [2.24, 2.45) is 5.84 Å². The molecule has 4 heterocycles. The van der Waals surface area contributed by atoms with E-state index in [0.717, 1.165) is 38.2 Å².